The van der Waals surface area contributed by atoms with Crippen LogP contribution in [0.5, 0.6) is 0 Å². The van der Waals surface area contributed by atoms with Crippen LogP contribution in [0.15, 0.2) is 10.6 Å². The Balaban J connectivity index is 2.13. The summed E-state index contributed by atoms with van der Waals surface area (Å²) in [6.45, 7) is 2.93. The van der Waals surface area contributed by atoms with Crippen molar-refractivity contribution in [2.45, 2.75) is 13.0 Å². The molecule has 88 valence electrons. The zero-order valence-corrected chi connectivity index (χ0v) is 9.05. The first-order valence-electron chi connectivity index (χ1n) is 5.15. The molecule has 1 aromatic rings. The average molecular weight is 226 g/mol. The SMILES string of the molecule is Cc1cc(C(=O)N2CCOCC2CO)no1. The molecular formula is C10H14N2O4. The van der Waals surface area contributed by atoms with Gasteiger partial charge in [0.2, 0.25) is 0 Å². The summed E-state index contributed by atoms with van der Waals surface area (Å²) >= 11 is 0. The van der Waals surface area contributed by atoms with Crippen molar-refractivity contribution in [3.63, 3.8) is 0 Å². The Hall–Kier alpha value is -1.40. The van der Waals surface area contributed by atoms with Crippen molar-refractivity contribution in [1.29, 1.82) is 0 Å². The molecule has 6 nitrogen and oxygen atoms in total. The fraction of sp³-hybridized carbons (Fsp3) is 0.600. The lowest BCUT2D eigenvalue weighted by molar-refractivity contribution is -0.0188. The largest absolute Gasteiger partial charge is 0.394 e. The van der Waals surface area contributed by atoms with Crippen LogP contribution >= 0.6 is 0 Å². The molecule has 1 saturated heterocycles. The van der Waals surface area contributed by atoms with E-state index in [4.69, 9.17) is 14.4 Å². The van der Waals surface area contributed by atoms with Crippen LogP contribution in [0, 0.1) is 6.92 Å². The smallest absolute Gasteiger partial charge is 0.276 e. The summed E-state index contributed by atoms with van der Waals surface area (Å²) in [5.74, 6) is 0.372. The van der Waals surface area contributed by atoms with Crippen molar-refractivity contribution in [1.82, 2.24) is 10.1 Å². The van der Waals surface area contributed by atoms with Gasteiger partial charge in [-0.3, -0.25) is 4.79 Å². The van der Waals surface area contributed by atoms with Crippen molar-refractivity contribution in [3.05, 3.63) is 17.5 Å². The number of aliphatic hydroxyl groups is 1. The van der Waals surface area contributed by atoms with Gasteiger partial charge in [0.25, 0.3) is 5.91 Å². The standard InChI is InChI=1S/C10H14N2O4/c1-7-4-9(11-16-7)10(14)12-2-3-15-6-8(12)5-13/h4,8,13H,2-3,5-6H2,1H3. The Morgan fingerprint density at radius 3 is 3.19 bits per heavy atom. The van der Waals surface area contributed by atoms with Crippen LogP contribution in [-0.4, -0.2) is 53.5 Å². The van der Waals surface area contributed by atoms with E-state index in [0.29, 0.717) is 25.5 Å². The molecule has 1 fully saturated rings. The molecule has 0 saturated carbocycles. The third-order valence-electron chi connectivity index (χ3n) is 2.55. The third kappa shape index (κ3) is 2.07. The number of hydrogen-bond acceptors (Lipinski definition) is 5. The van der Waals surface area contributed by atoms with E-state index in [1.54, 1.807) is 17.9 Å². The van der Waals surface area contributed by atoms with Gasteiger partial charge in [-0.15, -0.1) is 0 Å². The lowest BCUT2D eigenvalue weighted by Gasteiger charge is -2.33. The summed E-state index contributed by atoms with van der Waals surface area (Å²) in [5, 5.41) is 12.8. The van der Waals surface area contributed by atoms with Crippen LogP contribution in [0.3, 0.4) is 0 Å². The van der Waals surface area contributed by atoms with Crippen molar-refractivity contribution in [2.75, 3.05) is 26.4 Å². The van der Waals surface area contributed by atoms with Gasteiger partial charge in [0.1, 0.15) is 5.76 Å². The van der Waals surface area contributed by atoms with Crippen LogP contribution in [0.1, 0.15) is 16.2 Å². The van der Waals surface area contributed by atoms with E-state index in [1.165, 1.54) is 0 Å². The van der Waals surface area contributed by atoms with Crippen molar-refractivity contribution in [2.24, 2.45) is 0 Å². The molecule has 0 spiro atoms. The first-order chi connectivity index (χ1) is 7.72. The summed E-state index contributed by atoms with van der Waals surface area (Å²) in [7, 11) is 0. The highest BCUT2D eigenvalue weighted by molar-refractivity contribution is 5.92. The molecule has 2 rings (SSSR count). The minimum atomic E-state index is -0.293. The Labute approximate surface area is 92.8 Å². The van der Waals surface area contributed by atoms with Crippen LogP contribution in [0.2, 0.25) is 0 Å². The fourth-order valence-corrected chi connectivity index (χ4v) is 1.69. The lowest BCUT2D eigenvalue weighted by Crippen LogP contribution is -2.50. The maximum atomic E-state index is 12.0. The van der Waals surface area contributed by atoms with Gasteiger partial charge in [-0.1, -0.05) is 5.16 Å². The number of ether oxygens (including phenoxy) is 1. The highest BCUT2D eigenvalue weighted by atomic mass is 16.5. The number of aromatic nitrogens is 1. The first kappa shape index (κ1) is 11.1. The molecule has 0 aromatic carbocycles. The molecule has 1 aromatic heterocycles. The van der Waals surface area contributed by atoms with Gasteiger partial charge in [-0.2, -0.15) is 0 Å². The molecule has 0 bridgehead atoms. The minimum Gasteiger partial charge on any atom is -0.394 e. The van der Waals surface area contributed by atoms with Crippen LogP contribution < -0.4 is 0 Å². The van der Waals surface area contributed by atoms with Gasteiger partial charge in [-0.25, -0.2) is 0 Å². The van der Waals surface area contributed by atoms with Crippen molar-refractivity contribution >= 4 is 5.91 Å². The van der Waals surface area contributed by atoms with E-state index >= 15 is 0 Å². The third-order valence-corrected chi connectivity index (χ3v) is 2.55. The van der Waals surface area contributed by atoms with Gasteiger partial charge in [0.05, 0.1) is 25.9 Å². The molecule has 1 amide bonds. The molecule has 6 heteroatoms. The minimum absolute atomic E-state index is 0.109. The predicted molar refractivity (Wildman–Crippen MR) is 54.0 cm³/mol. The molecule has 0 radical (unpaired) electrons. The molecule has 1 aliphatic heterocycles. The molecule has 1 N–H and O–H groups in total. The molecule has 1 aliphatic rings. The molecule has 1 atom stereocenters. The molecule has 1 unspecified atom stereocenters. The zero-order chi connectivity index (χ0) is 11.5. The van der Waals surface area contributed by atoms with Crippen molar-refractivity contribution < 1.29 is 19.2 Å². The van der Waals surface area contributed by atoms with Gasteiger partial charge in [0.15, 0.2) is 5.69 Å². The van der Waals surface area contributed by atoms with Crippen LogP contribution in [0.25, 0.3) is 0 Å². The van der Waals surface area contributed by atoms with E-state index in [-0.39, 0.29) is 24.2 Å². The highest BCUT2D eigenvalue weighted by Crippen LogP contribution is 2.12. The first-order valence-corrected chi connectivity index (χ1v) is 5.15. The number of hydrogen-bond donors (Lipinski definition) is 1. The van der Waals surface area contributed by atoms with Gasteiger partial charge in [-0.05, 0) is 6.92 Å². The number of carbonyl (C=O) groups is 1. The Kier molecular flexibility index (Phi) is 3.21. The maximum absolute atomic E-state index is 12.0. The zero-order valence-electron chi connectivity index (χ0n) is 9.05. The molecular weight excluding hydrogens is 212 g/mol. The number of morpholine rings is 1. The van der Waals surface area contributed by atoms with Gasteiger partial charge < -0.3 is 19.3 Å². The van der Waals surface area contributed by atoms with Gasteiger partial charge in [0, 0.05) is 12.6 Å². The second-order valence-corrected chi connectivity index (χ2v) is 3.73. The second-order valence-electron chi connectivity index (χ2n) is 3.73. The van der Waals surface area contributed by atoms with E-state index in [1.807, 2.05) is 0 Å². The van der Waals surface area contributed by atoms with E-state index in [0.717, 1.165) is 0 Å². The van der Waals surface area contributed by atoms with E-state index in [9.17, 15) is 4.79 Å². The maximum Gasteiger partial charge on any atom is 0.276 e. The summed E-state index contributed by atoms with van der Waals surface area (Å²) < 4.78 is 10.1. The summed E-state index contributed by atoms with van der Waals surface area (Å²) in [6, 6.07) is 1.30. The number of aryl methyl sites for hydroxylation is 1. The number of carbonyl (C=O) groups excluding carboxylic acids is 1. The Morgan fingerprint density at radius 1 is 1.75 bits per heavy atom. The topological polar surface area (TPSA) is 75.8 Å². The number of rotatable bonds is 2. The van der Waals surface area contributed by atoms with E-state index in [2.05, 4.69) is 5.16 Å². The Morgan fingerprint density at radius 2 is 2.56 bits per heavy atom. The predicted octanol–water partition coefficient (Wildman–Crippen LogP) is -0.184. The summed E-state index contributed by atoms with van der Waals surface area (Å²) in [4.78, 5) is 13.6. The average Bonchev–Trinajstić information content (AvgIpc) is 2.75. The normalized spacial score (nSPS) is 21.1. The van der Waals surface area contributed by atoms with Gasteiger partial charge >= 0.3 is 0 Å². The number of aliphatic hydroxyl groups excluding tert-OH is 1. The Bertz CT molecular complexity index is 377. The lowest BCUT2D eigenvalue weighted by atomic mass is 10.2. The summed E-state index contributed by atoms with van der Waals surface area (Å²) in [5.41, 5.74) is 0.276. The molecule has 0 aliphatic carbocycles. The quantitative estimate of drug-likeness (QED) is 0.756. The second kappa shape index (κ2) is 4.63. The van der Waals surface area contributed by atoms with Crippen molar-refractivity contribution in [3.8, 4) is 0 Å². The number of amides is 1. The summed E-state index contributed by atoms with van der Waals surface area (Å²) in [6.07, 6.45) is 0. The monoisotopic (exact) mass is 226 g/mol. The van der Waals surface area contributed by atoms with Crippen LogP contribution in [-0.2, 0) is 4.74 Å². The fourth-order valence-electron chi connectivity index (χ4n) is 1.69. The molecule has 16 heavy (non-hydrogen) atoms. The van der Waals surface area contributed by atoms with Crippen LogP contribution in [0.4, 0.5) is 0 Å². The highest BCUT2D eigenvalue weighted by Gasteiger charge is 2.29. The molecule has 2 heterocycles. The van der Waals surface area contributed by atoms with E-state index < -0.39 is 0 Å². The number of nitrogens with zero attached hydrogens (tertiary/aromatic N) is 2.